The highest BCUT2D eigenvalue weighted by atomic mass is 16.5. The number of hydrazine groups is 1. The maximum atomic E-state index is 5.64. The quantitative estimate of drug-likeness (QED) is 0.560. The molecule has 19 heavy (non-hydrogen) atoms. The smallest absolute Gasteiger partial charge is 0.0543 e. The van der Waals surface area contributed by atoms with E-state index >= 15 is 0 Å². The maximum absolute atomic E-state index is 5.64. The minimum Gasteiger partial charge on any atom is -0.382 e. The number of nitrogens with two attached hydrogens (primary N) is 1. The summed E-state index contributed by atoms with van der Waals surface area (Å²) in [6.07, 6.45) is 3.30. The fourth-order valence-corrected chi connectivity index (χ4v) is 2.12. The molecule has 2 atom stereocenters. The molecule has 1 aromatic carbocycles. The van der Waals surface area contributed by atoms with Gasteiger partial charge in [0, 0.05) is 13.2 Å². The molecule has 0 aliphatic heterocycles. The van der Waals surface area contributed by atoms with E-state index in [1.165, 1.54) is 11.1 Å². The number of methoxy groups -OCH3 is 1. The summed E-state index contributed by atoms with van der Waals surface area (Å²) in [5.74, 6) is 6.22. The molecule has 0 heterocycles. The molecule has 1 aromatic rings. The lowest BCUT2D eigenvalue weighted by Crippen LogP contribution is -2.37. The van der Waals surface area contributed by atoms with Gasteiger partial charge >= 0.3 is 0 Å². The number of nitrogens with one attached hydrogen (secondary N) is 1. The molecule has 3 N–H and O–H groups in total. The van der Waals surface area contributed by atoms with Gasteiger partial charge in [0.1, 0.15) is 0 Å². The summed E-state index contributed by atoms with van der Waals surface area (Å²) in [4.78, 5) is 0. The van der Waals surface area contributed by atoms with Gasteiger partial charge in [0.05, 0.1) is 6.10 Å². The molecule has 3 nitrogen and oxygen atoms in total. The number of hydrogen-bond donors (Lipinski definition) is 2. The van der Waals surface area contributed by atoms with Crippen molar-refractivity contribution in [1.82, 2.24) is 5.43 Å². The zero-order chi connectivity index (χ0) is 14.3. The summed E-state index contributed by atoms with van der Waals surface area (Å²) in [6, 6.07) is 9.15. The van der Waals surface area contributed by atoms with Crippen LogP contribution in [0.1, 0.15) is 50.7 Å². The Balaban J connectivity index is 2.50. The minimum absolute atomic E-state index is 0.291. The zero-order valence-corrected chi connectivity index (χ0v) is 12.6. The molecule has 108 valence electrons. The van der Waals surface area contributed by atoms with Gasteiger partial charge in [-0.3, -0.25) is 11.3 Å². The van der Waals surface area contributed by atoms with Crippen molar-refractivity contribution in [3.05, 3.63) is 35.4 Å². The first-order valence-corrected chi connectivity index (χ1v) is 7.14. The predicted octanol–water partition coefficient (Wildman–Crippen LogP) is 3.00. The third-order valence-electron chi connectivity index (χ3n) is 3.69. The van der Waals surface area contributed by atoms with Gasteiger partial charge in [-0.15, -0.1) is 0 Å². The lowest BCUT2D eigenvalue weighted by atomic mass is 9.97. The molecular formula is C16H28N2O. The van der Waals surface area contributed by atoms with Crippen molar-refractivity contribution in [2.24, 2.45) is 5.84 Å². The van der Waals surface area contributed by atoms with Crippen LogP contribution in [0.15, 0.2) is 24.3 Å². The van der Waals surface area contributed by atoms with Crippen LogP contribution in [0, 0.1) is 0 Å². The van der Waals surface area contributed by atoms with E-state index < -0.39 is 0 Å². The van der Waals surface area contributed by atoms with Crippen molar-refractivity contribution in [2.45, 2.75) is 58.1 Å². The number of benzene rings is 1. The normalized spacial score (nSPS) is 14.6. The SMILES string of the molecule is COC(C)CCC(Cc1ccc(C(C)C)cc1)NN. The van der Waals surface area contributed by atoms with E-state index in [2.05, 4.69) is 50.5 Å². The number of rotatable bonds is 8. The topological polar surface area (TPSA) is 47.3 Å². The number of hydrogen-bond acceptors (Lipinski definition) is 3. The molecule has 0 aromatic heterocycles. The lowest BCUT2D eigenvalue weighted by Gasteiger charge is -2.18. The van der Waals surface area contributed by atoms with Gasteiger partial charge in [-0.1, -0.05) is 38.1 Å². The molecule has 0 spiro atoms. The fraction of sp³-hybridized carbons (Fsp3) is 0.625. The molecule has 1 rings (SSSR count). The van der Waals surface area contributed by atoms with Crippen LogP contribution in [0.25, 0.3) is 0 Å². The Bertz CT molecular complexity index is 348. The molecule has 0 aliphatic rings. The first-order valence-electron chi connectivity index (χ1n) is 7.14. The molecule has 2 unspecified atom stereocenters. The summed E-state index contributed by atoms with van der Waals surface area (Å²) >= 11 is 0. The van der Waals surface area contributed by atoms with Gasteiger partial charge in [-0.05, 0) is 43.2 Å². The largest absolute Gasteiger partial charge is 0.382 e. The van der Waals surface area contributed by atoms with Crippen molar-refractivity contribution in [2.75, 3.05) is 7.11 Å². The van der Waals surface area contributed by atoms with Crippen LogP contribution in [-0.4, -0.2) is 19.3 Å². The molecule has 3 heteroatoms. The predicted molar refractivity (Wildman–Crippen MR) is 81.1 cm³/mol. The highest BCUT2D eigenvalue weighted by molar-refractivity contribution is 5.25. The first-order chi connectivity index (χ1) is 9.06. The summed E-state index contributed by atoms with van der Waals surface area (Å²) in [5, 5.41) is 0. The highest BCUT2D eigenvalue weighted by Gasteiger charge is 2.10. The second-order valence-corrected chi connectivity index (χ2v) is 5.59. The summed E-state index contributed by atoms with van der Waals surface area (Å²) in [5.41, 5.74) is 5.63. The van der Waals surface area contributed by atoms with Crippen LogP contribution < -0.4 is 11.3 Å². The third kappa shape index (κ3) is 5.72. The maximum Gasteiger partial charge on any atom is 0.0543 e. The first kappa shape index (κ1) is 16.2. The summed E-state index contributed by atoms with van der Waals surface area (Å²) in [7, 11) is 1.75. The minimum atomic E-state index is 0.291. The Morgan fingerprint density at radius 3 is 2.21 bits per heavy atom. The van der Waals surface area contributed by atoms with E-state index in [9.17, 15) is 0 Å². The van der Waals surface area contributed by atoms with Crippen LogP contribution >= 0.6 is 0 Å². The summed E-state index contributed by atoms with van der Waals surface area (Å²) in [6.45, 7) is 6.52. The van der Waals surface area contributed by atoms with E-state index in [0.717, 1.165) is 19.3 Å². The van der Waals surface area contributed by atoms with E-state index in [-0.39, 0.29) is 0 Å². The van der Waals surface area contributed by atoms with E-state index in [1.807, 2.05) is 0 Å². The highest BCUT2D eigenvalue weighted by Crippen LogP contribution is 2.16. The van der Waals surface area contributed by atoms with Crippen molar-refractivity contribution in [3.63, 3.8) is 0 Å². The van der Waals surface area contributed by atoms with Crippen molar-refractivity contribution in [3.8, 4) is 0 Å². The van der Waals surface area contributed by atoms with Gasteiger partial charge in [0.2, 0.25) is 0 Å². The van der Waals surface area contributed by atoms with Crippen molar-refractivity contribution < 1.29 is 4.74 Å². The Morgan fingerprint density at radius 2 is 1.74 bits per heavy atom. The van der Waals surface area contributed by atoms with Gasteiger partial charge in [-0.25, -0.2) is 0 Å². The molecule has 0 saturated carbocycles. The zero-order valence-electron chi connectivity index (χ0n) is 12.6. The Hall–Kier alpha value is -0.900. The third-order valence-corrected chi connectivity index (χ3v) is 3.69. The van der Waals surface area contributed by atoms with Crippen molar-refractivity contribution in [1.29, 1.82) is 0 Å². The van der Waals surface area contributed by atoms with Gasteiger partial charge in [-0.2, -0.15) is 0 Å². The molecule has 0 amide bonds. The molecule has 0 aliphatic carbocycles. The fourth-order valence-electron chi connectivity index (χ4n) is 2.12. The molecule has 0 fully saturated rings. The summed E-state index contributed by atoms with van der Waals surface area (Å²) < 4.78 is 5.27. The monoisotopic (exact) mass is 264 g/mol. The average molecular weight is 264 g/mol. The van der Waals surface area contributed by atoms with Crippen LogP contribution in [0.5, 0.6) is 0 Å². The van der Waals surface area contributed by atoms with Crippen molar-refractivity contribution >= 4 is 0 Å². The van der Waals surface area contributed by atoms with E-state index in [1.54, 1.807) is 7.11 Å². The second-order valence-electron chi connectivity index (χ2n) is 5.59. The Morgan fingerprint density at radius 1 is 1.11 bits per heavy atom. The standard InChI is InChI=1S/C16H28N2O/c1-12(2)15-8-6-14(7-9-15)11-16(18-17)10-5-13(3)19-4/h6-9,12-13,16,18H,5,10-11,17H2,1-4H3. The van der Waals surface area contributed by atoms with Crippen LogP contribution in [0.4, 0.5) is 0 Å². The van der Waals surface area contributed by atoms with E-state index in [4.69, 9.17) is 10.6 Å². The molecule has 0 saturated heterocycles. The molecule has 0 radical (unpaired) electrons. The molecular weight excluding hydrogens is 236 g/mol. The number of ether oxygens (including phenoxy) is 1. The van der Waals surface area contributed by atoms with Crippen LogP contribution in [0.3, 0.4) is 0 Å². The van der Waals surface area contributed by atoms with Gasteiger partial charge < -0.3 is 4.74 Å². The van der Waals surface area contributed by atoms with E-state index in [0.29, 0.717) is 18.1 Å². The Kier molecular flexibility index (Phi) is 7.06. The lowest BCUT2D eigenvalue weighted by molar-refractivity contribution is 0.106. The van der Waals surface area contributed by atoms with Gasteiger partial charge in [0.25, 0.3) is 0 Å². The van der Waals surface area contributed by atoms with Gasteiger partial charge in [0.15, 0.2) is 0 Å². The Labute approximate surface area is 117 Å². The second kappa shape index (κ2) is 8.31. The van der Waals surface area contributed by atoms with Crippen LogP contribution in [0.2, 0.25) is 0 Å². The van der Waals surface area contributed by atoms with Crippen LogP contribution in [-0.2, 0) is 11.2 Å². The average Bonchev–Trinajstić information content (AvgIpc) is 2.43. The molecule has 0 bridgehead atoms.